The Morgan fingerprint density at radius 2 is 2.07 bits per heavy atom. The summed E-state index contributed by atoms with van der Waals surface area (Å²) in [6.07, 6.45) is 3.54. The van der Waals surface area contributed by atoms with E-state index in [1.54, 1.807) is 6.33 Å². The minimum atomic E-state index is 0.725. The summed E-state index contributed by atoms with van der Waals surface area (Å²) in [4.78, 5) is 4.23. The van der Waals surface area contributed by atoms with Crippen LogP contribution in [0.1, 0.15) is 17.2 Å². The van der Waals surface area contributed by atoms with E-state index in [0.29, 0.717) is 0 Å². The predicted molar refractivity (Wildman–Crippen MR) is 51.8 cm³/mol. The molecule has 2 rings (SSSR count). The second-order valence-corrected chi connectivity index (χ2v) is 3.40. The van der Waals surface area contributed by atoms with Gasteiger partial charge in [0, 0.05) is 12.7 Å². The molecule has 5 heteroatoms. The Labute approximate surface area is 82.4 Å². The van der Waals surface area contributed by atoms with Crippen LogP contribution in [-0.2, 0) is 13.6 Å². The summed E-state index contributed by atoms with van der Waals surface area (Å²) >= 11 is 0. The molecule has 5 nitrogen and oxygen atoms in total. The maximum absolute atomic E-state index is 4.23. The van der Waals surface area contributed by atoms with E-state index in [2.05, 4.69) is 26.7 Å². The van der Waals surface area contributed by atoms with Crippen LogP contribution in [0.2, 0.25) is 0 Å². The Hall–Kier alpha value is -1.65. The lowest BCUT2D eigenvalue weighted by Gasteiger charge is -2.03. The molecule has 0 aliphatic rings. The van der Waals surface area contributed by atoms with E-state index >= 15 is 0 Å². The minimum absolute atomic E-state index is 0.725. The van der Waals surface area contributed by atoms with Gasteiger partial charge in [-0.3, -0.25) is 0 Å². The Kier molecular flexibility index (Phi) is 2.07. The summed E-state index contributed by atoms with van der Waals surface area (Å²) in [6.45, 7) is 4.78. The number of hydrogen-bond acceptors (Lipinski definition) is 3. The van der Waals surface area contributed by atoms with Gasteiger partial charge in [0.05, 0.1) is 18.6 Å². The highest BCUT2D eigenvalue weighted by Gasteiger charge is 2.05. The Bertz CT molecular complexity index is 440. The molecule has 2 heterocycles. The van der Waals surface area contributed by atoms with E-state index in [1.165, 1.54) is 5.69 Å². The fourth-order valence-electron chi connectivity index (χ4n) is 1.31. The van der Waals surface area contributed by atoms with Crippen molar-refractivity contribution in [3.8, 4) is 0 Å². The first kappa shape index (κ1) is 8.93. The first-order chi connectivity index (χ1) is 6.68. The third-order valence-corrected chi connectivity index (χ3v) is 2.46. The van der Waals surface area contributed by atoms with E-state index in [4.69, 9.17) is 0 Å². The molecule has 0 saturated carbocycles. The van der Waals surface area contributed by atoms with Crippen molar-refractivity contribution in [1.29, 1.82) is 0 Å². The molecule has 2 aromatic rings. The largest absolute Gasteiger partial charge is 0.327 e. The summed E-state index contributed by atoms with van der Waals surface area (Å²) in [6, 6.07) is 0. The fourth-order valence-corrected chi connectivity index (χ4v) is 1.31. The molecule has 14 heavy (non-hydrogen) atoms. The maximum Gasteiger partial charge on any atom is 0.152 e. The summed E-state index contributed by atoms with van der Waals surface area (Å²) in [5, 5.41) is 7.86. The molecule has 0 aromatic carbocycles. The third-order valence-electron chi connectivity index (χ3n) is 2.46. The van der Waals surface area contributed by atoms with E-state index in [9.17, 15) is 0 Å². The normalized spacial score (nSPS) is 10.8. The van der Waals surface area contributed by atoms with Crippen LogP contribution in [0, 0.1) is 13.8 Å². The highest BCUT2D eigenvalue weighted by Crippen LogP contribution is 2.06. The molecular weight excluding hydrogens is 178 g/mol. The lowest BCUT2D eigenvalue weighted by molar-refractivity contribution is 0.682. The molecule has 0 saturated heterocycles. The molecule has 0 atom stereocenters. The molecule has 74 valence electrons. The highest BCUT2D eigenvalue weighted by molar-refractivity contribution is 5.09. The van der Waals surface area contributed by atoms with Crippen molar-refractivity contribution in [3.05, 3.63) is 29.9 Å². The van der Waals surface area contributed by atoms with E-state index in [0.717, 1.165) is 18.1 Å². The van der Waals surface area contributed by atoms with Crippen LogP contribution >= 0.6 is 0 Å². The summed E-state index contributed by atoms with van der Waals surface area (Å²) in [5.74, 6) is 0.936. The van der Waals surface area contributed by atoms with Crippen LogP contribution in [0.15, 0.2) is 12.7 Å². The first-order valence-electron chi connectivity index (χ1n) is 4.49. The zero-order valence-corrected chi connectivity index (χ0v) is 8.60. The SMILES string of the molecule is Cc1ncn(Cc2nncn2C)c1C. The van der Waals surface area contributed by atoms with Crippen molar-refractivity contribution in [2.24, 2.45) is 7.05 Å². The molecule has 0 bridgehead atoms. The number of rotatable bonds is 2. The molecular formula is C9H13N5. The average Bonchev–Trinajstić information content (AvgIpc) is 2.68. The average molecular weight is 191 g/mol. The number of imidazole rings is 1. The van der Waals surface area contributed by atoms with Gasteiger partial charge >= 0.3 is 0 Å². The topological polar surface area (TPSA) is 48.5 Å². The van der Waals surface area contributed by atoms with E-state index in [-0.39, 0.29) is 0 Å². The van der Waals surface area contributed by atoms with Gasteiger partial charge in [0.1, 0.15) is 6.33 Å². The molecule has 0 N–H and O–H groups in total. The zero-order chi connectivity index (χ0) is 10.1. The molecule has 0 unspecified atom stereocenters. The summed E-state index contributed by atoms with van der Waals surface area (Å²) < 4.78 is 3.98. The molecule has 2 aromatic heterocycles. The second kappa shape index (κ2) is 3.25. The number of nitrogens with zero attached hydrogens (tertiary/aromatic N) is 5. The van der Waals surface area contributed by atoms with Crippen LogP contribution in [0.3, 0.4) is 0 Å². The Morgan fingerprint density at radius 3 is 2.57 bits per heavy atom. The fraction of sp³-hybridized carbons (Fsp3) is 0.444. The van der Waals surface area contributed by atoms with Crippen molar-refractivity contribution >= 4 is 0 Å². The van der Waals surface area contributed by atoms with Crippen LogP contribution in [-0.4, -0.2) is 24.3 Å². The monoisotopic (exact) mass is 191 g/mol. The summed E-state index contributed by atoms with van der Waals surface area (Å²) in [7, 11) is 1.94. The zero-order valence-electron chi connectivity index (χ0n) is 8.60. The van der Waals surface area contributed by atoms with Gasteiger partial charge in [-0.2, -0.15) is 0 Å². The highest BCUT2D eigenvalue weighted by atomic mass is 15.3. The number of aromatic nitrogens is 5. The third kappa shape index (κ3) is 1.41. The van der Waals surface area contributed by atoms with Gasteiger partial charge in [-0.25, -0.2) is 4.98 Å². The lowest BCUT2D eigenvalue weighted by Crippen LogP contribution is -2.06. The van der Waals surface area contributed by atoms with Crippen molar-refractivity contribution in [2.45, 2.75) is 20.4 Å². The van der Waals surface area contributed by atoms with Crippen molar-refractivity contribution in [1.82, 2.24) is 24.3 Å². The maximum atomic E-state index is 4.23. The number of hydrogen-bond donors (Lipinski definition) is 0. The standard InChI is InChI=1S/C9H13N5/c1-7-8(2)14(5-10-7)4-9-12-11-6-13(9)3/h5-6H,4H2,1-3H3. The van der Waals surface area contributed by atoms with Crippen molar-refractivity contribution in [2.75, 3.05) is 0 Å². The van der Waals surface area contributed by atoms with Gasteiger partial charge in [-0.15, -0.1) is 10.2 Å². The van der Waals surface area contributed by atoms with Gasteiger partial charge in [0.2, 0.25) is 0 Å². The smallest absolute Gasteiger partial charge is 0.152 e. The molecule has 0 aliphatic carbocycles. The Morgan fingerprint density at radius 1 is 1.29 bits per heavy atom. The predicted octanol–water partition coefficient (Wildman–Crippen LogP) is 0.677. The van der Waals surface area contributed by atoms with Gasteiger partial charge in [-0.05, 0) is 13.8 Å². The van der Waals surface area contributed by atoms with Crippen LogP contribution in [0.5, 0.6) is 0 Å². The molecule has 0 spiro atoms. The van der Waals surface area contributed by atoms with E-state index < -0.39 is 0 Å². The van der Waals surface area contributed by atoms with Crippen LogP contribution in [0.4, 0.5) is 0 Å². The molecule has 0 aliphatic heterocycles. The van der Waals surface area contributed by atoms with Crippen LogP contribution in [0.25, 0.3) is 0 Å². The van der Waals surface area contributed by atoms with Gasteiger partial charge in [0.15, 0.2) is 5.82 Å². The number of aryl methyl sites for hydroxylation is 2. The quantitative estimate of drug-likeness (QED) is 0.701. The van der Waals surface area contributed by atoms with Gasteiger partial charge in [0.25, 0.3) is 0 Å². The minimum Gasteiger partial charge on any atom is -0.327 e. The van der Waals surface area contributed by atoms with Crippen LogP contribution < -0.4 is 0 Å². The molecule has 0 fully saturated rings. The summed E-state index contributed by atoms with van der Waals surface area (Å²) in [5.41, 5.74) is 2.24. The Balaban J connectivity index is 2.27. The van der Waals surface area contributed by atoms with Gasteiger partial charge in [-0.1, -0.05) is 0 Å². The van der Waals surface area contributed by atoms with Gasteiger partial charge < -0.3 is 9.13 Å². The second-order valence-electron chi connectivity index (χ2n) is 3.40. The molecule has 0 radical (unpaired) electrons. The van der Waals surface area contributed by atoms with E-state index in [1.807, 2.05) is 24.9 Å². The van der Waals surface area contributed by atoms with Crippen molar-refractivity contribution in [3.63, 3.8) is 0 Å². The lowest BCUT2D eigenvalue weighted by atomic mass is 10.4. The molecule has 0 amide bonds. The van der Waals surface area contributed by atoms with Crippen molar-refractivity contribution < 1.29 is 0 Å². The first-order valence-corrected chi connectivity index (χ1v) is 4.49.